The van der Waals surface area contributed by atoms with Gasteiger partial charge in [0.2, 0.25) is 0 Å². The number of fused-ring (bicyclic) bond motifs is 1. The van der Waals surface area contributed by atoms with Gasteiger partial charge in [-0.3, -0.25) is 0 Å². The van der Waals surface area contributed by atoms with E-state index in [0.717, 1.165) is 36.1 Å². The van der Waals surface area contributed by atoms with E-state index in [1.165, 1.54) is 11.1 Å². The van der Waals surface area contributed by atoms with Crippen LogP contribution in [0.1, 0.15) is 31.4 Å². The Labute approximate surface area is 112 Å². The second-order valence-electron chi connectivity index (χ2n) is 5.17. The van der Waals surface area contributed by atoms with E-state index in [1.807, 2.05) is 0 Å². The van der Waals surface area contributed by atoms with Gasteiger partial charge in [-0.25, -0.2) is 0 Å². The average Bonchev–Trinajstić information content (AvgIpc) is 2.63. The number of ether oxygens (including phenoxy) is 1. The SMILES string of the molecule is CC(N)CC(C)Cc1cc(Br)cc2c1OCC2. The minimum Gasteiger partial charge on any atom is -0.493 e. The fraction of sp³-hybridized carbons (Fsp3) is 0.571. The van der Waals surface area contributed by atoms with E-state index in [9.17, 15) is 0 Å². The van der Waals surface area contributed by atoms with Crippen molar-refractivity contribution in [2.75, 3.05) is 6.61 Å². The van der Waals surface area contributed by atoms with Gasteiger partial charge in [0.05, 0.1) is 6.61 Å². The third-order valence-corrected chi connectivity index (χ3v) is 3.63. The van der Waals surface area contributed by atoms with Gasteiger partial charge >= 0.3 is 0 Å². The number of benzene rings is 1. The zero-order valence-corrected chi connectivity index (χ0v) is 12.1. The van der Waals surface area contributed by atoms with E-state index in [2.05, 4.69) is 41.9 Å². The molecule has 0 amide bonds. The predicted octanol–water partition coefficient (Wildman–Crippen LogP) is 3.30. The van der Waals surface area contributed by atoms with Crippen molar-refractivity contribution < 1.29 is 4.74 Å². The molecule has 1 heterocycles. The molecule has 2 N–H and O–H groups in total. The van der Waals surface area contributed by atoms with Gasteiger partial charge in [-0.05, 0) is 48.9 Å². The van der Waals surface area contributed by atoms with E-state index in [4.69, 9.17) is 10.5 Å². The average molecular weight is 298 g/mol. The number of nitrogens with two attached hydrogens (primary N) is 1. The van der Waals surface area contributed by atoms with Crippen LogP contribution in [0, 0.1) is 5.92 Å². The Morgan fingerprint density at radius 1 is 1.41 bits per heavy atom. The van der Waals surface area contributed by atoms with Crippen LogP contribution >= 0.6 is 15.9 Å². The van der Waals surface area contributed by atoms with Crippen molar-refractivity contribution in [3.8, 4) is 5.75 Å². The monoisotopic (exact) mass is 297 g/mol. The van der Waals surface area contributed by atoms with Crippen molar-refractivity contribution in [3.63, 3.8) is 0 Å². The minimum absolute atomic E-state index is 0.270. The van der Waals surface area contributed by atoms with Gasteiger partial charge in [-0.2, -0.15) is 0 Å². The molecule has 0 saturated carbocycles. The molecular weight excluding hydrogens is 278 g/mol. The zero-order chi connectivity index (χ0) is 12.4. The Kier molecular flexibility index (Phi) is 4.10. The molecule has 0 saturated heterocycles. The molecule has 0 spiro atoms. The molecule has 0 bridgehead atoms. The summed E-state index contributed by atoms with van der Waals surface area (Å²) in [5, 5.41) is 0. The Hall–Kier alpha value is -0.540. The molecule has 1 aliphatic rings. The Bertz CT molecular complexity index is 403. The fourth-order valence-corrected chi connectivity index (χ4v) is 3.14. The molecule has 2 rings (SSSR count). The second-order valence-corrected chi connectivity index (χ2v) is 6.09. The second kappa shape index (κ2) is 5.40. The molecule has 1 aromatic rings. The van der Waals surface area contributed by atoms with Crippen LogP contribution in [-0.4, -0.2) is 12.6 Å². The summed E-state index contributed by atoms with van der Waals surface area (Å²) >= 11 is 3.58. The molecule has 2 unspecified atom stereocenters. The van der Waals surface area contributed by atoms with Gasteiger partial charge in [-0.15, -0.1) is 0 Å². The molecule has 2 atom stereocenters. The molecule has 1 aliphatic heterocycles. The maximum atomic E-state index is 5.85. The summed E-state index contributed by atoms with van der Waals surface area (Å²) in [6.07, 6.45) is 3.13. The first kappa shape index (κ1) is 12.9. The van der Waals surface area contributed by atoms with Crippen LogP contribution in [0.3, 0.4) is 0 Å². The largest absolute Gasteiger partial charge is 0.493 e. The summed E-state index contributed by atoms with van der Waals surface area (Å²) in [4.78, 5) is 0. The molecule has 0 aromatic heterocycles. The van der Waals surface area contributed by atoms with Gasteiger partial charge in [0.1, 0.15) is 5.75 Å². The number of hydrogen-bond donors (Lipinski definition) is 1. The lowest BCUT2D eigenvalue weighted by molar-refractivity contribution is 0.350. The van der Waals surface area contributed by atoms with Gasteiger partial charge in [-0.1, -0.05) is 22.9 Å². The maximum Gasteiger partial charge on any atom is 0.125 e. The summed E-state index contributed by atoms with van der Waals surface area (Å²) in [6.45, 7) is 5.14. The van der Waals surface area contributed by atoms with Crippen molar-refractivity contribution in [1.29, 1.82) is 0 Å². The van der Waals surface area contributed by atoms with Crippen molar-refractivity contribution in [1.82, 2.24) is 0 Å². The van der Waals surface area contributed by atoms with Crippen LogP contribution < -0.4 is 10.5 Å². The van der Waals surface area contributed by atoms with E-state index in [1.54, 1.807) is 0 Å². The lowest BCUT2D eigenvalue weighted by Gasteiger charge is -2.16. The fourth-order valence-electron chi connectivity index (χ4n) is 2.59. The van der Waals surface area contributed by atoms with Crippen molar-refractivity contribution >= 4 is 15.9 Å². The Balaban J connectivity index is 2.15. The van der Waals surface area contributed by atoms with Crippen LogP contribution in [0.5, 0.6) is 5.75 Å². The first-order valence-electron chi connectivity index (χ1n) is 6.26. The summed E-state index contributed by atoms with van der Waals surface area (Å²) in [6, 6.07) is 4.62. The molecule has 94 valence electrons. The van der Waals surface area contributed by atoms with Crippen LogP contribution in [0.2, 0.25) is 0 Å². The van der Waals surface area contributed by atoms with E-state index in [0.29, 0.717) is 5.92 Å². The first-order chi connectivity index (χ1) is 8.06. The minimum atomic E-state index is 0.270. The highest BCUT2D eigenvalue weighted by atomic mass is 79.9. The number of halogens is 1. The smallest absolute Gasteiger partial charge is 0.125 e. The summed E-state index contributed by atoms with van der Waals surface area (Å²) in [5.41, 5.74) is 8.50. The van der Waals surface area contributed by atoms with E-state index < -0.39 is 0 Å². The molecule has 0 aliphatic carbocycles. The summed E-state index contributed by atoms with van der Waals surface area (Å²) in [5.74, 6) is 1.71. The molecule has 2 nitrogen and oxygen atoms in total. The summed E-state index contributed by atoms with van der Waals surface area (Å²) < 4.78 is 6.90. The van der Waals surface area contributed by atoms with E-state index in [-0.39, 0.29) is 6.04 Å². The predicted molar refractivity (Wildman–Crippen MR) is 74.5 cm³/mol. The van der Waals surface area contributed by atoms with Crippen LogP contribution in [-0.2, 0) is 12.8 Å². The number of rotatable bonds is 4. The van der Waals surface area contributed by atoms with Gasteiger partial charge in [0.15, 0.2) is 0 Å². The molecule has 3 heteroatoms. The van der Waals surface area contributed by atoms with Crippen molar-refractivity contribution in [2.45, 2.75) is 39.2 Å². The molecule has 17 heavy (non-hydrogen) atoms. The van der Waals surface area contributed by atoms with Crippen LogP contribution in [0.4, 0.5) is 0 Å². The highest BCUT2D eigenvalue weighted by molar-refractivity contribution is 9.10. The Morgan fingerprint density at radius 2 is 2.18 bits per heavy atom. The van der Waals surface area contributed by atoms with E-state index >= 15 is 0 Å². The first-order valence-corrected chi connectivity index (χ1v) is 7.05. The van der Waals surface area contributed by atoms with Crippen LogP contribution in [0.15, 0.2) is 16.6 Å². The van der Waals surface area contributed by atoms with Crippen LogP contribution in [0.25, 0.3) is 0 Å². The van der Waals surface area contributed by atoms with Crippen molar-refractivity contribution in [3.05, 3.63) is 27.7 Å². The number of hydrogen-bond acceptors (Lipinski definition) is 2. The molecule has 1 aromatic carbocycles. The standard InChI is InChI=1S/C14H20BrNO/c1-9(5-10(2)16)6-12-8-13(15)7-11-3-4-17-14(11)12/h7-10H,3-6,16H2,1-2H3. The van der Waals surface area contributed by atoms with Gasteiger partial charge in [0.25, 0.3) is 0 Å². The highest BCUT2D eigenvalue weighted by Crippen LogP contribution is 2.34. The third-order valence-electron chi connectivity index (χ3n) is 3.17. The molecule has 0 fully saturated rings. The maximum absolute atomic E-state index is 5.85. The lowest BCUT2D eigenvalue weighted by atomic mass is 9.93. The third kappa shape index (κ3) is 3.23. The molecular formula is C14H20BrNO. The van der Waals surface area contributed by atoms with Gasteiger partial charge in [0, 0.05) is 16.9 Å². The van der Waals surface area contributed by atoms with Crippen molar-refractivity contribution in [2.24, 2.45) is 11.7 Å². The summed E-state index contributed by atoms with van der Waals surface area (Å²) in [7, 11) is 0. The highest BCUT2D eigenvalue weighted by Gasteiger charge is 2.19. The topological polar surface area (TPSA) is 35.2 Å². The quantitative estimate of drug-likeness (QED) is 0.925. The normalized spacial score (nSPS) is 17.4. The zero-order valence-electron chi connectivity index (χ0n) is 10.5. The Morgan fingerprint density at radius 3 is 2.88 bits per heavy atom. The van der Waals surface area contributed by atoms with Gasteiger partial charge < -0.3 is 10.5 Å². The lowest BCUT2D eigenvalue weighted by Crippen LogP contribution is -2.19. The molecule has 0 radical (unpaired) electrons.